The highest BCUT2D eigenvalue weighted by atomic mass is 16.5. The third kappa shape index (κ3) is 4.79. The van der Waals surface area contributed by atoms with Crippen LogP contribution in [0.3, 0.4) is 0 Å². The van der Waals surface area contributed by atoms with Crippen molar-refractivity contribution in [2.75, 3.05) is 6.61 Å². The summed E-state index contributed by atoms with van der Waals surface area (Å²) < 4.78 is 4.75. The average molecular weight is 160 g/mol. The first-order valence-electron chi connectivity index (χ1n) is 4.07. The molecule has 0 radical (unpaired) electrons. The highest BCUT2D eigenvalue weighted by molar-refractivity contribution is 5.74. The monoisotopic (exact) mass is 160 g/mol. The van der Waals surface area contributed by atoms with Crippen LogP contribution in [-0.2, 0) is 9.53 Å². The second kappa shape index (κ2) is 6.16. The Morgan fingerprint density at radius 3 is 2.64 bits per heavy atom. The minimum absolute atomic E-state index is 0.422. The molecule has 0 aromatic heterocycles. The second-order valence-electron chi connectivity index (χ2n) is 2.45. The molecule has 0 amide bonds. The van der Waals surface area contributed by atoms with E-state index >= 15 is 0 Å². The molecule has 1 atom stereocenters. The molecule has 0 aromatic carbocycles. The lowest BCUT2D eigenvalue weighted by Gasteiger charge is -2.07. The maximum atomic E-state index is 10.8. The number of esters is 1. The normalized spacial score (nSPS) is 12.6. The van der Waals surface area contributed by atoms with Crippen molar-refractivity contribution < 1.29 is 14.6 Å². The van der Waals surface area contributed by atoms with Gasteiger partial charge in [-0.15, -0.1) is 0 Å². The van der Waals surface area contributed by atoms with E-state index < -0.39 is 12.1 Å². The van der Waals surface area contributed by atoms with Crippen molar-refractivity contribution in [3.63, 3.8) is 0 Å². The summed E-state index contributed by atoms with van der Waals surface area (Å²) in [6.07, 6.45) is 1.34. The predicted octanol–water partition coefficient (Wildman–Crippen LogP) is 1.10. The topological polar surface area (TPSA) is 46.5 Å². The second-order valence-corrected chi connectivity index (χ2v) is 2.45. The Bertz CT molecular complexity index is 112. The molecule has 11 heavy (non-hydrogen) atoms. The van der Waals surface area contributed by atoms with E-state index in [2.05, 4.69) is 0 Å². The lowest BCUT2D eigenvalue weighted by atomic mass is 10.3. The van der Waals surface area contributed by atoms with Gasteiger partial charge < -0.3 is 9.84 Å². The van der Waals surface area contributed by atoms with E-state index in [9.17, 15) is 4.79 Å². The summed E-state index contributed by atoms with van der Waals surface area (Å²) in [5, 5.41) is 8.95. The molecule has 0 bridgehead atoms. The fourth-order valence-corrected chi connectivity index (χ4v) is 0.580. The fraction of sp³-hybridized carbons (Fsp3) is 0.875. The zero-order valence-corrected chi connectivity index (χ0v) is 7.17. The van der Waals surface area contributed by atoms with Gasteiger partial charge in [0.15, 0.2) is 6.10 Å². The number of carbonyl (C=O) groups excluding carboxylic acids is 1. The van der Waals surface area contributed by atoms with Crippen LogP contribution in [0.2, 0.25) is 0 Å². The van der Waals surface area contributed by atoms with Gasteiger partial charge in [0.25, 0.3) is 0 Å². The molecule has 0 rings (SSSR count). The first-order valence-corrected chi connectivity index (χ1v) is 4.07. The standard InChI is InChI=1S/C8H16O3/c1-3-5-6-11-8(10)7(9)4-2/h7,9H,3-6H2,1-2H3. The summed E-state index contributed by atoms with van der Waals surface area (Å²) in [6, 6.07) is 0. The molecule has 0 saturated carbocycles. The number of ether oxygens (including phenoxy) is 1. The van der Waals surface area contributed by atoms with Gasteiger partial charge >= 0.3 is 5.97 Å². The summed E-state index contributed by atoms with van der Waals surface area (Å²) in [6.45, 7) is 4.18. The van der Waals surface area contributed by atoms with E-state index in [1.165, 1.54) is 0 Å². The molecule has 3 nitrogen and oxygen atoms in total. The molecule has 0 aliphatic carbocycles. The molecule has 0 heterocycles. The molecule has 66 valence electrons. The minimum atomic E-state index is -0.938. The van der Waals surface area contributed by atoms with Crippen LogP contribution in [0.25, 0.3) is 0 Å². The molecule has 0 saturated heterocycles. The Morgan fingerprint density at radius 2 is 2.18 bits per heavy atom. The van der Waals surface area contributed by atoms with Crippen molar-refractivity contribution in [2.45, 2.75) is 39.2 Å². The Labute approximate surface area is 67.4 Å². The van der Waals surface area contributed by atoms with Gasteiger partial charge in [-0.3, -0.25) is 0 Å². The van der Waals surface area contributed by atoms with Crippen LogP contribution in [0.4, 0.5) is 0 Å². The van der Waals surface area contributed by atoms with Gasteiger partial charge in [0, 0.05) is 0 Å². The molecular formula is C8H16O3. The van der Waals surface area contributed by atoms with Gasteiger partial charge in [-0.2, -0.15) is 0 Å². The average Bonchev–Trinajstić information content (AvgIpc) is 2.03. The van der Waals surface area contributed by atoms with Gasteiger partial charge in [-0.25, -0.2) is 4.79 Å². The highest BCUT2D eigenvalue weighted by Crippen LogP contribution is 1.95. The van der Waals surface area contributed by atoms with Crippen LogP contribution >= 0.6 is 0 Å². The Kier molecular flexibility index (Phi) is 5.84. The predicted molar refractivity (Wildman–Crippen MR) is 42.2 cm³/mol. The molecule has 0 aliphatic heterocycles. The van der Waals surface area contributed by atoms with Crippen molar-refractivity contribution in [2.24, 2.45) is 0 Å². The first-order chi connectivity index (χ1) is 5.22. The van der Waals surface area contributed by atoms with E-state index in [1.54, 1.807) is 6.92 Å². The lowest BCUT2D eigenvalue weighted by Crippen LogP contribution is -2.22. The molecule has 0 spiro atoms. The third-order valence-corrected chi connectivity index (χ3v) is 1.40. The molecule has 0 aromatic rings. The largest absolute Gasteiger partial charge is 0.464 e. The van der Waals surface area contributed by atoms with E-state index in [0.29, 0.717) is 13.0 Å². The lowest BCUT2D eigenvalue weighted by molar-refractivity contribution is -0.153. The fourth-order valence-electron chi connectivity index (χ4n) is 0.580. The molecule has 1 unspecified atom stereocenters. The van der Waals surface area contributed by atoms with Gasteiger partial charge in [0.05, 0.1) is 6.61 Å². The zero-order chi connectivity index (χ0) is 8.69. The summed E-state index contributed by atoms with van der Waals surface area (Å²) in [5.41, 5.74) is 0. The van der Waals surface area contributed by atoms with Crippen LogP contribution < -0.4 is 0 Å². The molecule has 0 fully saturated rings. The van der Waals surface area contributed by atoms with Gasteiger partial charge in [0.1, 0.15) is 0 Å². The van der Waals surface area contributed by atoms with Crippen LogP contribution in [0.1, 0.15) is 33.1 Å². The highest BCUT2D eigenvalue weighted by Gasteiger charge is 2.12. The smallest absolute Gasteiger partial charge is 0.334 e. The third-order valence-electron chi connectivity index (χ3n) is 1.40. The summed E-state index contributed by atoms with van der Waals surface area (Å²) in [5.74, 6) is -0.499. The van der Waals surface area contributed by atoms with Crippen molar-refractivity contribution in [3.05, 3.63) is 0 Å². The first kappa shape index (κ1) is 10.4. The number of unbranched alkanes of at least 4 members (excludes halogenated alkanes) is 1. The summed E-state index contributed by atoms with van der Waals surface area (Å²) in [4.78, 5) is 10.8. The van der Waals surface area contributed by atoms with Crippen LogP contribution in [0.15, 0.2) is 0 Å². The quantitative estimate of drug-likeness (QED) is 0.484. The maximum Gasteiger partial charge on any atom is 0.334 e. The number of hydrogen-bond donors (Lipinski definition) is 1. The SMILES string of the molecule is CCCCOC(=O)C(O)CC. The van der Waals surface area contributed by atoms with Crippen molar-refractivity contribution >= 4 is 5.97 Å². The summed E-state index contributed by atoms with van der Waals surface area (Å²) >= 11 is 0. The van der Waals surface area contributed by atoms with Crippen LogP contribution in [0, 0.1) is 0 Å². The van der Waals surface area contributed by atoms with E-state index in [4.69, 9.17) is 9.84 Å². The molecule has 0 aliphatic rings. The van der Waals surface area contributed by atoms with E-state index in [1.807, 2.05) is 6.92 Å². The number of aliphatic hydroxyl groups excluding tert-OH is 1. The zero-order valence-electron chi connectivity index (χ0n) is 7.17. The van der Waals surface area contributed by atoms with Crippen molar-refractivity contribution in [3.8, 4) is 0 Å². The van der Waals surface area contributed by atoms with Gasteiger partial charge in [-0.05, 0) is 12.8 Å². The van der Waals surface area contributed by atoms with Gasteiger partial charge in [-0.1, -0.05) is 20.3 Å². The van der Waals surface area contributed by atoms with Crippen LogP contribution in [0.5, 0.6) is 0 Å². The number of rotatable bonds is 5. The van der Waals surface area contributed by atoms with Crippen molar-refractivity contribution in [1.82, 2.24) is 0 Å². The minimum Gasteiger partial charge on any atom is -0.464 e. The molecular weight excluding hydrogens is 144 g/mol. The van der Waals surface area contributed by atoms with Crippen molar-refractivity contribution in [1.29, 1.82) is 0 Å². The Hall–Kier alpha value is -0.570. The number of aliphatic hydroxyl groups is 1. The van der Waals surface area contributed by atoms with Crippen LogP contribution in [-0.4, -0.2) is 23.8 Å². The van der Waals surface area contributed by atoms with E-state index in [-0.39, 0.29) is 0 Å². The maximum absolute atomic E-state index is 10.8. The summed E-state index contributed by atoms with van der Waals surface area (Å²) in [7, 11) is 0. The number of carbonyl (C=O) groups is 1. The van der Waals surface area contributed by atoms with E-state index in [0.717, 1.165) is 12.8 Å². The number of hydrogen-bond acceptors (Lipinski definition) is 3. The Balaban J connectivity index is 3.36. The van der Waals surface area contributed by atoms with Gasteiger partial charge in [0.2, 0.25) is 0 Å². The molecule has 1 N–H and O–H groups in total. The molecule has 3 heteroatoms. The Morgan fingerprint density at radius 1 is 1.55 bits per heavy atom.